The summed E-state index contributed by atoms with van der Waals surface area (Å²) in [7, 11) is 3.68. The van der Waals surface area contributed by atoms with E-state index >= 15 is 0 Å². The first-order chi connectivity index (χ1) is 8.49. The van der Waals surface area contributed by atoms with E-state index in [1.54, 1.807) is 7.11 Å². The summed E-state index contributed by atoms with van der Waals surface area (Å²) in [5.41, 5.74) is 3.73. The van der Waals surface area contributed by atoms with Crippen LogP contribution in [0.3, 0.4) is 0 Å². The van der Waals surface area contributed by atoms with Gasteiger partial charge in [0, 0.05) is 6.54 Å². The average molecular weight is 246 g/mol. The van der Waals surface area contributed by atoms with Gasteiger partial charge in [-0.1, -0.05) is 6.07 Å². The molecule has 0 saturated carbocycles. The van der Waals surface area contributed by atoms with Crippen molar-refractivity contribution in [1.82, 2.24) is 4.90 Å². The van der Waals surface area contributed by atoms with Crippen LogP contribution >= 0.6 is 0 Å². The smallest absolute Gasteiger partial charge is 0.122 e. The molecule has 1 unspecified atom stereocenters. The Hall–Kier alpha value is -1.53. The van der Waals surface area contributed by atoms with E-state index in [1.807, 2.05) is 14.0 Å². The minimum atomic E-state index is -0.0374. The van der Waals surface area contributed by atoms with Gasteiger partial charge in [0.05, 0.1) is 19.2 Å². The molecule has 0 aliphatic heterocycles. The minimum absolute atomic E-state index is 0.0374. The van der Waals surface area contributed by atoms with Crippen LogP contribution in [0.25, 0.3) is 0 Å². The zero-order valence-electron chi connectivity index (χ0n) is 11.9. The maximum atomic E-state index is 8.86. The third-order valence-corrected chi connectivity index (χ3v) is 3.44. The predicted molar refractivity (Wildman–Crippen MR) is 73.9 cm³/mol. The molecule has 0 heterocycles. The summed E-state index contributed by atoms with van der Waals surface area (Å²) >= 11 is 0. The molecule has 1 atom stereocenters. The number of nitrogens with zero attached hydrogens (tertiary/aromatic N) is 2. The second kappa shape index (κ2) is 6.42. The van der Waals surface area contributed by atoms with Crippen LogP contribution in [0.4, 0.5) is 0 Å². The van der Waals surface area contributed by atoms with Gasteiger partial charge in [0.15, 0.2) is 0 Å². The number of ether oxygens (including phenoxy) is 1. The molecule has 0 saturated heterocycles. The molecule has 0 aliphatic carbocycles. The molecule has 0 fully saturated rings. The van der Waals surface area contributed by atoms with Crippen LogP contribution < -0.4 is 4.74 Å². The number of methoxy groups -OCH3 is 1. The molecule has 0 amide bonds. The lowest BCUT2D eigenvalue weighted by Crippen LogP contribution is -2.29. The monoisotopic (exact) mass is 246 g/mol. The highest BCUT2D eigenvalue weighted by Gasteiger charge is 2.09. The third-order valence-electron chi connectivity index (χ3n) is 3.44. The minimum Gasteiger partial charge on any atom is -0.496 e. The molecule has 3 nitrogen and oxygen atoms in total. The lowest BCUT2D eigenvalue weighted by atomic mass is 10.0. The molecule has 0 spiro atoms. The number of benzene rings is 1. The maximum Gasteiger partial charge on any atom is 0.122 e. The molecule has 1 aromatic carbocycles. The number of aryl methyl sites for hydroxylation is 2. The van der Waals surface area contributed by atoms with Gasteiger partial charge in [-0.2, -0.15) is 5.26 Å². The first-order valence-electron chi connectivity index (χ1n) is 6.23. The lowest BCUT2D eigenvalue weighted by molar-refractivity contribution is 0.306. The van der Waals surface area contributed by atoms with Crippen molar-refractivity contribution in [2.24, 2.45) is 0 Å². The Labute approximate surface area is 110 Å². The van der Waals surface area contributed by atoms with Crippen LogP contribution in [0.1, 0.15) is 23.6 Å². The van der Waals surface area contributed by atoms with Crippen molar-refractivity contribution in [3.05, 3.63) is 28.8 Å². The summed E-state index contributed by atoms with van der Waals surface area (Å²) in [4.78, 5) is 2.07. The van der Waals surface area contributed by atoms with E-state index in [2.05, 4.69) is 36.9 Å². The summed E-state index contributed by atoms with van der Waals surface area (Å²) in [5, 5.41) is 8.86. The Morgan fingerprint density at radius 1 is 1.33 bits per heavy atom. The highest BCUT2D eigenvalue weighted by atomic mass is 16.5. The first-order valence-corrected chi connectivity index (χ1v) is 6.23. The van der Waals surface area contributed by atoms with E-state index in [0.29, 0.717) is 0 Å². The molecule has 0 aliphatic rings. The molecule has 0 radical (unpaired) electrons. The second-order valence-electron chi connectivity index (χ2n) is 4.78. The highest BCUT2D eigenvalue weighted by Crippen LogP contribution is 2.22. The molecular formula is C15H22N2O. The van der Waals surface area contributed by atoms with E-state index in [1.165, 1.54) is 11.1 Å². The summed E-state index contributed by atoms with van der Waals surface area (Å²) < 4.78 is 5.31. The van der Waals surface area contributed by atoms with Gasteiger partial charge in [-0.3, -0.25) is 4.90 Å². The summed E-state index contributed by atoms with van der Waals surface area (Å²) in [5.74, 6) is 0.940. The Morgan fingerprint density at radius 2 is 2.00 bits per heavy atom. The van der Waals surface area contributed by atoms with Crippen LogP contribution in [0.2, 0.25) is 0 Å². The summed E-state index contributed by atoms with van der Waals surface area (Å²) in [6.07, 6.45) is 0.958. The Balaban J connectivity index is 2.74. The summed E-state index contributed by atoms with van der Waals surface area (Å²) in [6.45, 7) is 6.97. The van der Waals surface area contributed by atoms with Crippen LogP contribution in [-0.2, 0) is 6.42 Å². The maximum absolute atomic E-state index is 8.86. The molecule has 0 aromatic heterocycles. The van der Waals surface area contributed by atoms with Crippen LogP contribution in [0.15, 0.2) is 12.1 Å². The average Bonchev–Trinajstić information content (AvgIpc) is 2.37. The molecule has 1 aromatic rings. The van der Waals surface area contributed by atoms with Crippen LogP contribution in [-0.4, -0.2) is 31.6 Å². The largest absolute Gasteiger partial charge is 0.496 e. The Morgan fingerprint density at radius 3 is 2.56 bits per heavy atom. The number of rotatable bonds is 5. The molecule has 0 bridgehead atoms. The van der Waals surface area contributed by atoms with Crippen molar-refractivity contribution in [2.45, 2.75) is 33.2 Å². The molecule has 98 valence electrons. The lowest BCUT2D eigenvalue weighted by Gasteiger charge is -2.19. The SMILES string of the molecule is COc1cc(C)c(CCN(C)C(C)C#N)cc1C. The van der Waals surface area contributed by atoms with E-state index in [-0.39, 0.29) is 6.04 Å². The second-order valence-corrected chi connectivity index (χ2v) is 4.78. The van der Waals surface area contributed by atoms with Gasteiger partial charge in [0.2, 0.25) is 0 Å². The van der Waals surface area contributed by atoms with E-state index in [0.717, 1.165) is 24.3 Å². The quantitative estimate of drug-likeness (QED) is 0.801. The standard InChI is InChI=1S/C15H22N2O/c1-11-9-15(18-5)12(2)8-14(11)6-7-17(4)13(3)10-16/h8-9,13H,6-7H2,1-5H3. The van der Waals surface area contributed by atoms with E-state index in [4.69, 9.17) is 10.00 Å². The van der Waals surface area contributed by atoms with Crippen molar-refractivity contribution >= 4 is 0 Å². The van der Waals surface area contributed by atoms with Gasteiger partial charge >= 0.3 is 0 Å². The zero-order valence-corrected chi connectivity index (χ0v) is 11.9. The van der Waals surface area contributed by atoms with Crippen molar-refractivity contribution in [1.29, 1.82) is 5.26 Å². The number of hydrogen-bond acceptors (Lipinski definition) is 3. The number of likely N-dealkylation sites (N-methyl/N-ethyl adjacent to an activating group) is 1. The van der Waals surface area contributed by atoms with Crippen molar-refractivity contribution < 1.29 is 4.74 Å². The Bertz CT molecular complexity index is 449. The van der Waals surface area contributed by atoms with Gasteiger partial charge in [-0.15, -0.1) is 0 Å². The molecular weight excluding hydrogens is 224 g/mol. The van der Waals surface area contributed by atoms with Gasteiger partial charge in [0.25, 0.3) is 0 Å². The zero-order chi connectivity index (χ0) is 13.7. The normalized spacial score (nSPS) is 12.3. The number of hydrogen-bond donors (Lipinski definition) is 0. The Kier molecular flexibility index (Phi) is 5.18. The van der Waals surface area contributed by atoms with Crippen LogP contribution in [0, 0.1) is 25.2 Å². The molecule has 0 N–H and O–H groups in total. The first kappa shape index (κ1) is 14.5. The number of nitriles is 1. The third kappa shape index (κ3) is 3.48. The molecule has 3 heteroatoms. The van der Waals surface area contributed by atoms with Crippen LogP contribution in [0.5, 0.6) is 5.75 Å². The topological polar surface area (TPSA) is 36.3 Å². The van der Waals surface area contributed by atoms with E-state index in [9.17, 15) is 0 Å². The van der Waals surface area contributed by atoms with Crippen molar-refractivity contribution in [3.63, 3.8) is 0 Å². The predicted octanol–water partition coefficient (Wildman–Crippen LogP) is 2.70. The molecule has 18 heavy (non-hydrogen) atoms. The summed E-state index contributed by atoms with van der Waals surface area (Å²) in [6, 6.07) is 6.48. The fourth-order valence-electron chi connectivity index (χ4n) is 1.93. The van der Waals surface area contributed by atoms with Crippen molar-refractivity contribution in [2.75, 3.05) is 20.7 Å². The molecule has 1 rings (SSSR count). The van der Waals surface area contributed by atoms with Gasteiger partial charge in [0.1, 0.15) is 5.75 Å². The fourth-order valence-corrected chi connectivity index (χ4v) is 1.93. The highest BCUT2D eigenvalue weighted by molar-refractivity contribution is 5.41. The van der Waals surface area contributed by atoms with Gasteiger partial charge < -0.3 is 4.74 Å². The fraction of sp³-hybridized carbons (Fsp3) is 0.533. The van der Waals surface area contributed by atoms with E-state index < -0.39 is 0 Å². The van der Waals surface area contributed by atoms with Crippen molar-refractivity contribution in [3.8, 4) is 11.8 Å². The van der Waals surface area contributed by atoms with Gasteiger partial charge in [-0.25, -0.2) is 0 Å². The van der Waals surface area contributed by atoms with Gasteiger partial charge in [-0.05, 0) is 57.0 Å².